The third kappa shape index (κ3) is 4.53. The van der Waals surface area contributed by atoms with Gasteiger partial charge in [-0.3, -0.25) is 4.79 Å². The van der Waals surface area contributed by atoms with E-state index in [1.807, 2.05) is 6.92 Å². The van der Waals surface area contributed by atoms with E-state index in [4.69, 9.17) is 19.9 Å². The molecule has 0 bridgehead atoms. The van der Waals surface area contributed by atoms with Crippen molar-refractivity contribution in [1.29, 1.82) is 0 Å². The van der Waals surface area contributed by atoms with Crippen LogP contribution in [-0.2, 0) is 0 Å². The van der Waals surface area contributed by atoms with Crippen LogP contribution in [0.25, 0.3) is 0 Å². The minimum atomic E-state index is -0.211. The summed E-state index contributed by atoms with van der Waals surface area (Å²) in [4.78, 5) is 12.3. The Morgan fingerprint density at radius 2 is 1.71 bits per heavy atom. The van der Waals surface area contributed by atoms with Crippen molar-refractivity contribution in [2.45, 2.75) is 25.8 Å². The van der Waals surface area contributed by atoms with Gasteiger partial charge in [0, 0.05) is 18.2 Å². The molecular formula is C15H24N2O4. The van der Waals surface area contributed by atoms with Gasteiger partial charge in [-0.05, 0) is 26.3 Å². The van der Waals surface area contributed by atoms with Crippen LogP contribution < -0.4 is 25.3 Å². The number of nitrogens with two attached hydrogens (primary N) is 1. The quantitative estimate of drug-likeness (QED) is 0.761. The summed E-state index contributed by atoms with van der Waals surface area (Å²) in [7, 11) is 4.57. The molecule has 6 heteroatoms. The zero-order valence-corrected chi connectivity index (χ0v) is 13.1. The van der Waals surface area contributed by atoms with Gasteiger partial charge in [0.1, 0.15) is 5.75 Å². The van der Waals surface area contributed by atoms with E-state index in [-0.39, 0.29) is 11.9 Å². The molecule has 0 aromatic heterocycles. The first kappa shape index (κ1) is 17.1. The van der Waals surface area contributed by atoms with E-state index in [0.29, 0.717) is 29.4 Å². The first-order chi connectivity index (χ1) is 10.1. The Labute approximate surface area is 125 Å². The SMILES string of the molecule is COc1cc(OC)c(C(=O)NC(C)CCCN)cc1OC. The second-order valence-electron chi connectivity index (χ2n) is 4.71. The number of amides is 1. The molecule has 118 valence electrons. The zero-order valence-electron chi connectivity index (χ0n) is 13.1. The topological polar surface area (TPSA) is 82.8 Å². The van der Waals surface area contributed by atoms with Crippen LogP contribution in [0.3, 0.4) is 0 Å². The van der Waals surface area contributed by atoms with Crippen LogP contribution in [0.2, 0.25) is 0 Å². The van der Waals surface area contributed by atoms with Crippen LogP contribution in [0.15, 0.2) is 12.1 Å². The second-order valence-corrected chi connectivity index (χ2v) is 4.71. The van der Waals surface area contributed by atoms with Gasteiger partial charge in [0.2, 0.25) is 0 Å². The number of methoxy groups -OCH3 is 3. The van der Waals surface area contributed by atoms with E-state index in [0.717, 1.165) is 12.8 Å². The average molecular weight is 296 g/mol. The van der Waals surface area contributed by atoms with Gasteiger partial charge in [-0.15, -0.1) is 0 Å². The molecule has 0 saturated heterocycles. The standard InChI is InChI=1S/C15H24N2O4/c1-10(6-5-7-16)17-15(18)11-8-13(20-3)14(21-4)9-12(11)19-2/h8-10H,5-7,16H2,1-4H3,(H,17,18). The molecule has 0 fully saturated rings. The number of carbonyl (C=O) groups excluding carboxylic acids is 1. The van der Waals surface area contributed by atoms with E-state index < -0.39 is 0 Å². The van der Waals surface area contributed by atoms with Gasteiger partial charge in [-0.1, -0.05) is 0 Å². The molecule has 0 spiro atoms. The van der Waals surface area contributed by atoms with Crippen LogP contribution in [-0.4, -0.2) is 39.8 Å². The van der Waals surface area contributed by atoms with Gasteiger partial charge in [0.15, 0.2) is 11.5 Å². The minimum absolute atomic E-state index is 0.0406. The average Bonchev–Trinajstić information content (AvgIpc) is 2.51. The van der Waals surface area contributed by atoms with Crippen molar-refractivity contribution < 1.29 is 19.0 Å². The smallest absolute Gasteiger partial charge is 0.255 e. The molecule has 0 aliphatic carbocycles. The molecule has 1 aromatic rings. The molecule has 0 aliphatic heterocycles. The molecule has 0 saturated carbocycles. The summed E-state index contributed by atoms with van der Waals surface area (Å²) in [6, 6.07) is 3.29. The van der Waals surface area contributed by atoms with Gasteiger partial charge in [-0.2, -0.15) is 0 Å². The van der Waals surface area contributed by atoms with Crippen molar-refractivity contribution >= 4 is 5.91 Å². The molecule has 0 radical (unpaired) electrons. The van der Waals surface area contributed by atoms with Gasteiger partial charge in [0.05, 0.1) is 26.9 Å². The number of rotatable bonds is 8. The lowest BCUT2D eigenvalue weighted by Crippen LogP contribution is -2.33. The number of ether oxygens (including phenoxy) is 3. The maximum Gasteiger partial charge on any atom is 0.255 e. The van der Waals surface area contributed by atoms with Crippen LogP contribution in [0, 0.1) is 0 Å². The fourth-order valence-corrected chi connectivity index (χ4v) is 2.00. The normalized spacial score (nSPS) is 11.7. The van der Waals surface area contributed by atoms with E-state index in [2.05, 4.69) is 5.32 Å². The van der Waals surface area contributed by atoms with Crippen molar-refractivity contribution in [3.05, 3.63) is 17.7 Å². The van der Waals surface area contributed by atoms with E-state index in [9.17, 15) is 4.79 Å². The Balaban J connectivity index is 2.97. The van der Waals surface area contributed by atoms with Crippen LogP contribution in [0.5, 0.6) is 17.2 Å². The monoisotopic (exact) mass is 296 g/mol. The summed E-state index contributed by atoms with van der Waals surface area (Å²) < 4.78 is 15.7. The molecule has 6 nitrogen and oxygen atoms in total. The van der Waals surface area contributed by atoms with Gasteiger partial charge in [-0.25, -0.2) is 0 Å². The summed E-state index contributed by atoms with van der Waals surface area (Å²) >= 11 is 0. The van der Waals surface area contributed by atoms with Crippen molar-refractivity contribution in [2.75, 3.05) is 27.9 Å². The highest BCUT2D eigenvalue weighted by Gasteiger charge is 2.18. The highest BCUT2D eigenvalue weighted by molar-refractivity contribution is 5.98. The molecule has 1 atom stereocenters. The van der Waals surface area contributed by atoms with Crippen molar-refractivity contribution in [2.24, 2.45) is 5.73 Å². The zero-order chi connectivity index (χ0) is 15.8. The van der Waals surface area contributed by atoms with E-state index in [1.54, 1.807) is 12.1 Å². The maximum absolute atomic E-state index is 12.3. The number of carbonyl (C=O) groups is 1. The number of benzene rings is 1. The largest absolute Gasteiger partial charge is 0.496 e. The summed E-state index contributed by atoms with van der Waals surface area (Å²) in [5.41, 5.74) is 5.88. The van der Waals surface area contributed by atoms with Crippen molar-refractivity contribution in [3.8, 4) is 17.2 Å². The van der Waals surface area contributed by atoms with Crippen molar-refractivity contribution in [3.63, 3.8) is 0 Å². The predicted molar refractivity (Wildman–Crippen MR) is 81.3 cm³/mol. The van der Waals surface area contributed by atoms with Gasteiger partial charge >= 0.3 is 0 Å². The number of nitrogens with one attached hydrogen (secondary N) is 1. The lowest BCUT2D eigenvalue weighted by Gasteiger charge is -2.17. The van der Waals surface area contributed by atoms with Crippen LogP contribution >= 0.6 is 0 Å². The Kier molecular flexibility index (Phi) is 6.81. The summed E-state index contributed by atoms with van der Waals surface area (Å²) in [6.45, 7) is 2.56. The summed E-state index contributed by atoms with van der Waals surface area (Å²) in [6.07, 6.45) is 1.70. The lowest BCUT2D eigenvalue weighted by molar-refractivity contribution is 0.0934. The first-order valence-corrected chi connectivity index (χ1v) is 6.88. The van der Waals surface area contributed by atoms with E-state index in [1.165, 1.54) is 21.3 Å². The Bertz CT molecular complexity index is 477. The predicted octanol–water partition coefficient (Wildman–Crippen LogP) is 1.57. The Morgan fingerprint density at radius 1 is 1.14 bits per heavy atom. The molecular weight excluding hydrogens is 272 g/mol. The second kappa shape index (κ2) is 8.36. The minimum Gasteiger partial charge on any atom is -0.496 e. The van der Waals surface area contributed by atoms with E-state index >= 15 is 0 Å². The van der Waals surface area contributed by atoms with Crippen molar-refractivity contribution in [1.82, 2.24) is 5.32 Å². The molecule has 1 unspecified atom stereocenters. The van der Waals surface area contributed by atoms with Gasteiger partial charge < -0.3 is 25.3 Å². The summed E-state index contributed by atoms with van der Waals surface area (Å²) in [5, 5.41) is 2.92. The Morgan fingerprint density at radius 3 is 2.24 bits per heavy atom. The first-order valence-electron chi connectivity index (χ1n) is 6.88. The molecule has 21 heavy (non-hydrogen) atoms. The molecule has 1 aromatic carbocycles. The fourth-order valence-electron chi connectivity index (χ4n) is 2.00. The fraction of sp³-hybridized carbons (Fsp3) is 0.533. The Hall–Kier alpha value is -1.95. The third-order valence-corrected chi connectivity index (χ3v) is 3.17. The number of hydrogen-bond acceptors (Lipinski definition) is 5. The summed E-state index contributed by atoms with van der Waals surface area (Å²) in [5.74, 6) is 1.23. The molecule has 1 rings (SSSR count). The van der Waals surface area contributed by atoms with Gasteiger partial charge in [0.25, 0.3) is 5.91 Å². The highest BCUT2D eigenvalue weighted by Crippen LogP contribution is 2.34. The lowest BCUT2D eigenvalue weighted by atomic mass is 10.1. The molecule has 0 heterocycles. The third-order valence-electron chi connectivity index (χ3n) is 3.17. The highest BCUT2D eigenvalue weighted by atomic mass is 16.5. The maximum atomic E-state index is 12.3. The van der Waals surface area contributed by atoms with Crippen LogP contribution in [0.4, 0.5) is 0 Å². The molecule has 0 aliphatic rings. The molecule has 1 amide bonds. The number of hydrogen-bond donors (Lipinski definition) is 2. The van der Waals surface area contributed by atoms with Crippen LogP contribution in [0.1, 0.15) is 30.1 Å². The molecule has 3 N–H and O–H groups in total.